The quantitative estimate of drug-likeness (QED) is 0.603. The van der Waals surface area contributed by atoms with Crippen molar-refractivity contribution in [2.75, 3.05) is 5.32 Å². The van der Waals surface area contributed by atoms with Gasteiger partial charge in [-0.05, 0) is 30.3 Å². The summed E-state index contributed by atoms with van der Waals surface area (Å²) in [6, 6.07) is 16.8. The van der Waals surface area contributed by atoms with Crippen LogP contribution in [0.1, 0.15) is 10.4 Å². The molecular formula is C19H14N4O. The fourth-order valence-corrected chi connectivity index (χ4v) is 2.56. The highest BCUT2D eigenvalue weighted by molar-refractivity contribution is 6.04. The number of nitrogens with zero attached hydrogens (tertiary/aromatic N) is 2. The molecule has 0 atom stereocenters. The topological polar surface area (TPSA) is 70.7 Å². The molecule has 3 heterocycles. The van der Waals surface area contributed by atoms with Crippen LogP contribution in [0.5, 0.6) is 0 Å². The largest absolute Gasteiger partial charge is 0.354 e. The van der Waals surface area contributed by atoms with E-state index >= 15 is 0 Å². The molecule has 1 amide bonds. The maximum atomic E-state index is 12.2. The number of aromatic nitrogens is 3. The Labute approximate surface area is 138 Å². The van der Waals surface area contributed by atoms with Crippen LogP contribution in [0.4, 0.5) is 5.82 Å². The van der Waals surface area contributed by atoms with Gasteiger partial charge in [-0.15, -0.1) is 0 Å². The molecule has 3 aromatic heterocycles. The molecule has 0 saturated heterocycles. The van der Waals surface area contributed by atoms with Gasteiger partial charge in [0.15, 0.2) is 0 Å². The lowest BCUT2D eigenvalue weighted by molar-refractivity contribution is 0.102. The van der Waals surface area contributed by atoms with E-state index < -0.39 is 0 Å². The van der Waals surface area contributed by atoms with Crippen molar-refractivity contribution in [2.24, 2.45) is 0 Å². The maximum Gasteiger partial charge on any atom is 0.256 e. The van der Waals surface area contributed by atoms with Gasteiger partial charge in [0.05, 0.1) is 5.52 Å². The molecular weight excluding hydrogens is 300 g/mol. The van der Waals surface area contributed by atoms with E-state index in [0.29, 0.717) is 11.4 Å². The minimum absolute atomic E-state index is 0.177. The first kappa shape index (κ1) is 14.1. The normalized spacial score (nSPS) is 10.7. The van der Waals surface area contributed by atoms with Crippen molar-refractivity contribution in [3.05, 3.63) is 78.8 Å². The number of amides is 1. The van der Waals surface area contributed by atoms with Crippen LogP contribution in [-0.4, -0.2) is 20.9 Å². The van der Waals surface area contributed by atoms with Gasteiger partial charge in [-0.1, -0.05) is 18.2 Å². The molecule has 1 aromatic carbocycles. The Morgan fingerprint density at radius 1 is 1.00 bits per heavy atom. The van der Waals surface area contributed by atoms with Crippen molar-refractivity contribution < 1.29 is 4.79 Å². The average Bonchev–Trinajstić information content (AvgIpc) is 3.06. The van der Waals surface area contributed by atoms with E-state index in [4.69, 9.17) is 0 Å². The number of carbonyl (C=O) groups excluding carboxylic acids is 1. The Hall–Kier alpha value is -3.47. The van der Waals surface area contributed by atoms with E-state index in [-0.39, 0.29) is 5.91 Å². The number of hydrogen-bond donors (Lipinski definition) is 2. The van der Waals surface area contributed by atoms with Gasteiger partial charge in [0, 0.05) is 46.9 Å². The Morgan fingerprint density at radius 2 is 1.79 bits per heavy atom. The number of aromatic amines is 1. The zero-order valence-electron chi connectivity index (χ0n) is 12.7. The molecule has 2 N–H and O–H groups in total. The van der Waals surface area contributed by atoms with Gasteiger partial charge >= 0.3 is 0 Å². The van der Waals surface area contributed by atoms with Crippen LogP contribution in [0.15, 0.2) is 73.2 Å². The highest BCUT2D eigenvalue weighted by Gasteiger charge is 2.08. The summed E-state index contributed by atoms with van der Waals surface area (Å²) in [5.41, 5.74) is 3.56. The van der Waals surface area contributed by atoms with Gasteiger partial charge in [-0.25, -0.2) is 4.98 Å². The molecule has 0 radical (unpaired) electrons. The van der Waals surface area contributed by atoms with Crippen LogP contribution < -0.4 is 5.32 Å². The number of anilines is 1. The van der Waals surface area contributed by atoms with Gasteiger partial charge in [0.1, 0.15) is 5.82 Å². The molecule has 5 heteroatoms. The lowest BCUT2D eigenvalue weighted by Crippen LogP contribution is -2.12. The fraction of sp³-hybridized carbons (Fsp3) is 0. The SMILES string of the molecule is O=C(Nc1cc2[nH]c(-c3ccncc3)cc2cn1)c1ccccc1. The summed E-state index contributed by atoms with van der Waals surface area (Å²) in [7, 11) is 0. The molecule has 0 aliphatic carbocycles. The number of benzene rings is 1. The monoisotopic (exact) mass is 314 g/mol. The number of nitrogens with one attached hydrogen (secondary N) is 2. The van der Waals surface area contributed by atoms with E-state index in [0.717, 1.165) is 22.2 Å². The predicted molar refractivity (Wildman–Crippen MR) is 93.7 cm³/mol. The number of pyridine rings is 2. The molecule has 0 fully saturated rings. The van der Waals surface area contributed by atoms with E-state index in [1.165, 1.54) is 0 Å². The minimum atomic E-state index is -0.177. The highest BCUT2D eigenvalue weighted by atomic mass is 16.1. The summed E-state index contributed by atoms with van der Waals surface area (Å²) in [5.74, 6) is 0.336. The predicted octanol–water partition coefficient (Wildman–Crippen LogP) is 3.88. The molecule has 0 spiro atoms. The van der Waals surface area contributed by atoms with Crippen molar-refractivity contribution in [3.63, 3.8) is 0 Å². The van der Waals surface area contributed by atoms with Crippen molar-refractivity contribution in [3.8, 4) is 11.3 Å². The summed E-state index contributed by atoms with van der Waals surface area (Å²) in [6.07, 6.45) is 5.26. The van der Waals surface area contributed by atoms with Crippen LogP contribution in [0, 0.1) is 0 Å². The first-order chi connectivity index (χ1) is 11.8. The Morgan fingerprint density at radius 3 is 2.58 bits per heavy atom. The number of hydrogen-bond acceptors (Lipinski definition) is 3. The van der Waals surface area contributed by atoms with Gasteiger partial charge in [-0.3, -0.25) is 9.78 Å². The highest BCUT2D eigenvalue weighted by Crippen LogP contribution is 2.24. The van der Waals surface area contributed by atoms with Crippen molar-refractivity contribution >= 4 is 22.6 Å². The second-order valence-corrected chi connectivity index (χ2v) is 5.40. The number of H-pyrrole nitrogens is 1. The number of fused-ring (bicyclic) bond motifs is 1. The number of rotatable bonds is 3. The lowest BCUT2D eigenvalue weighted by atomic mass is 10.2. The van der Waals surface area contributed by atoms with Crippen LogP contribution in [-0.2, 0) is 0 Å². The summed E-state index contributed by atoms with van der Waals surface area (Å²) >= 11 is 0. The van der Waals surface area contributed by atoms with Crippen molar-refractivity contribution in [1.29, 1.82) is 0 Å². The summed E-state index contributed by atoms with van der Waals surface area (Å²) < 4.78 is 0. The molecule has 0 saturated carbocycles. The Bertz CT molecular complexity index is 994. The van der Waals surface area contributed by atoms with E-state index in [9.17, 15) is 4.79 Å². The molecule has 5 nitrogen and oxygen atoms in total. The van der Waals surface area contributed by atoms with E-state index in [2.05, 4.69) is 20.3 Å². The zero-order valence-corrected chi connectivity index (χ0v) is 12.7. The van der Waals surface area contributed by atoms with Crippen LogP contribution >= 0.6 is 0 Å². The first-order valence-electron chi connectivity index (χ1n) is 7.55. The van der Waals surface area contributed by atoms with Crippen molar-refractivity contribution in [1.82, 2.24) is 15.0 Å². The molecule has 4 aromatic rings. The molecule has 0 bridgehead atoms. The summed E-state index contributed by atoms with van der Waals surface area (Å²) in [5, 5.41) is 3.80. The summed E-state index contributed by atoms with van der Waals surface area (Å²) in [6.45, 7) is 0. The summed E-state index contributed by atoms with van der Waals surface area (Å²) in [4.78, 5) is 23.9. The fourth-order valence-electron chi connectivity index (χ4n) is 2.56. The van der Waals surface area contributed by atoms with Crippen LogP contribution in [0.3, 0.4) is 0 Å². The van der Waals surface area contributed by atoms with Gasteiger partial charge in [0.25, 0.3) is 5.91 Å². The number of carbonyl (C=O) groups is 1. The molecule has 0 aliphatic rings. The van der Waals surface area contributed by atoms with E-state index in [1.54, 1.807) is 30.7 Å². The Balaban J connectivity index is 1.63. The first-order valence-corrected chi connectivity index (χ1v) is 7.55. The smallest absolute Gasteiger partial charge is 0.256 e. The molecule has 4 rings (SSSR count). The minimum Gasteiger partial charge on any atom is -0.354 e. The molecule has 0 unspecified atom stereocenters. The third-order valence-corrected chi connectivity index (χ3v) is 3.77. The molecule has 24 heavy (non-hydrogen) atoms. The van der Waals surface area contributed by atoms with Gasteiger partial charge in [0.2, 0.25) is 0 Å². The van der Waals surface area contributed by atoms with Gasteiger partial charge in [-0.2, -0.15) is 0 Å². The third-order valence-electron chi connectivity index (χ3n) is 3.77. The van der Waals surface area contributed by atoms with Crippen LogP contribution in [0.2, 0.25) is 0 Å². The maximum absolute atomic E-state index is 12.2. The standard InChI is InChI=1S/C19H14N4O/c24-19(14-4-2-1-3-5-14)23-18-11-17-15(12-21-18)10-16(22-17)13-6-8-20-9-7-13/h1-12,22H,(H,21,23,24). The average molecular weight is 314 g/mol. The van der Waals surface area contributed by atoms with Gasteiger partial charge < -0.3 is 10.3 Å². The third kappa shape index (κ3) is 2.75. The Kier molecular flexibility index (Phi) is 3.51. The molecule has 0 aliphatic heterocycles. The second kappa shape index (κ2) is 5.96. The second-order valence-electron chi connectivity index (χ2n) is 5.40. The van der Waals surface area contributed by atoms with E-state index in [1.807, 2.05) is 42.5 Å². The zero-order chi connectivity index (χ0) is 16.4. The van der Waals surface area contributed by atoms with Crippen molar-refractivity contribution in [2.45, 2.75) is 0 Å². The lowest BCUT2D eigenvalue weighted by Gasteiger charge is -2.04. The molecule has 116 valence electrons. The van der Waals surface area contributed by atoms with Crippen LogP contribution in [0.25, 0.3) is 22.2 Å².